The van der Waals surface area contributed by atoms with Crippen LogP contribution in [-0.4, -0.2) is 62.3 Å². The molecule has 6 heteroatoms. The van der Waals surface area contributed by atoms with Gasteiger partial charge in [-0.25, -0.2) is 0 Å². The summed E-state index contributed by atoms with van der Waals surface area (Å²) in [4.78, 5) is 7.27. The summed E-state index contributed by atoms with van der Waals surface area (Å²) in [5.41, 5.74) is 0. The molecule has 2 aliphatic rings. The van der Waals surface area contributed by atoms with E-state index in [9.17, 15) is 0 Å². The van der Waals surface area contributed by atoms with Gasteiger partial charge in [0, 0.05) is 38.8 Å². The van der Waals surface area contributed by atoms with Gasteiger partial charge in [0.15, 0.2) is 5.96 Å². The van der Waals surface area contributed by atoms with E-state index in [0.717, 1.165) is 51.2 Å². The van der Waals surface area contributed by atoms with E-state index in [1.165, 1.54) is 38.5 Å². The molecule has 0 amide bonds. The minimum atomic E-state index is 0. The first kappa shape index (κ1) is 23.0. The predicted octanol–water partition coefficient (Wildman–Crippen LogP) is 3.24. The normalized spacial score (nSPS) is 19.8. The summed E-state index contributed by atoms with van der Waals surface area (Å²) in [5.74, 6) is 2.02. The van der Waals surface area contributed by atoms with E-state index < -0.39 is 0 Å². The van der Waals surface area contributed by atoms with Gasteiger partial charge in [0.1, 0.15) is 0 Å². The lowest BCUT2D eigenvalue weighted by atomic mass is 10.1. The number of aliphatic imine (C=N–C) groups is 1. The fourth-order valence-corrected chi connectivity index (χ4v) is 3.21. The van der Waals surface area contributed by atoms with E-state index in [4.69, 9.17) is 9.73 Å². The number of ether oxygens (including phenoxy) is 1. The molecule has 2 rings (SSSR count). The standard InChI is InChI=1S/C19H38N4O.HI/c1-4-20-19(21-11-5-6-17-7-8-17)22-18-9-12-23(13-10-18)14-15-24-16(2)3;/h16-18H,4-15H2,1-3H3,(H2,20,21,22);1H. The highest BCUT2D eigenvalue weighted by Gasteiger charge is 2.21. The first-order chi connectivity index (χ1) is 11.7. The van der Waals surface area contributed by atoms with E-state index >= 15 is 0 Å². The molecular weight excluding hydrogens is 427 g/mol. The summed E-state index contributed by atoms with van der Waals surface area (Å²) in [5, 5.41) is 7.03. The number of hydrogen-bond donors (Lipinski definition) is 2. The molecule has 1 saturated carbocycles. The van der Waals surface area contributed by atoms with Crippen LogP contribution in [0.2, 0.25) is 0 Å². The van der Waals surface area contributed by atoms with Gasteiger partial charge < -0.3 is 20.3 Å². The second-order valence-electron chi connectivity index (χ2n) is 7.53. The molecule has 1 heterocycles. The quantitative estimate of drug-likeness (QED) is 0.225. The molecule has 0 spiro atoms. The number of piperidine rings is 1. The van der Waals surface area contributed by atoms with Crippen LogP contribution in [0.25, 0.3) is 0 Å². The van der Waals surface area contributed by atoms with Crippen molar-refractivity contribution in [3.63, 3.8) is 0 Å². The number of hydrogen-bond acceptors (Lipinski definition) is 3. The largest absolute Gasteiger partial charge is 0.377 e. The van der Waals surface area contributed by atoms with Gasteiger partial charge in [-0.3, -0.25) is 4.99 Å². The van der Waals surface area contributed by atoms with Crippen LogP contribution in [0.1, 0.15) is 59.3 Å². The number of nitrogens with one attached hydrogen (secondary N) is 2. The van der Waals surface area contributed by atoms with Crippen molar-refractivity contribution < 1.29 is 4.74 Å². The lowest BCUT2D eigenvalue weighted by molar-refractivity contribution is 0.0532. The average Bonchev–Trinajstić information content (AvgIpc) is 3.37. The molecule has 1 aliphatic heterocycles. The molecule has 0 radical (unpaired) electrons. The van der Waals surface area contributed by atoms with Crippen LogP contribution >= 0.6 is 24.0 Å². The van der Waals surface area contributed by atoms with Gasteiger partial charge in [-0.1, -0.05) is 12.8 Å². The van der Waals surface area contributed by atoms with E-state index in [2.05, 4.69) is 36.3 Å². The predicted molar refractivity (Wildman–Crippen MR) is 117 cm³/mol. The zero-order chi connectivity index (χ0) is 17.2. The van der Waals surface area contributed by atoms with Crippen molar-refractivity contribution in [2.24, 2.45) is 10.9 Å². The molecule has 0 aromatic carbocycles. The molecule has 0 unspecified atom stereocenters. The van der Waals surface area contributed by atoms with Crippen LogP contribution in [0.4, 0.5) is 0 Å². The highest BCUT2D eigenvalue weighted by Crippen LogP contribution is 2.33. The van der Waals surface area contributed by atoms with Gasteiger partial charge in [-0.2, -0.15) is 0 Å². The number of nitrogens with zero attached hydrogens (tertiary/aromatic N) is 2. The number of guanidine groups is 1. The smallest absolute Gasteiger partial charge is 0.191 e. The Balaban J connectivity index is 0.00000312. The highest BCUT2D eigenvalue weighted by molar-refractivity contribution is 14.0. The van der Waals surface area contributed by atoms with Crippen LogP contribution in [0.15, 0.2) is 4.99 Å². The first-order valence-corrected chi connectivity index (χ1v) is 10.1. The third kappa shape index (κ3) is 10.6. The Labute approximate surface area is 171 Å². The SMILES string of the molecule is CCNC(=NCCCC1CC1)NC1CCN(CCOC(C)C)CC1.I. The molecule has 0 atom stereocenters. The molecule has 148 valence electrons. The van der Waals surface area contributed by atoms with Crippen molar-refractivity contribution in [3.8, 4) is 0 Å². The van der Waals surface area contributed by atoms with E-state index in [-0.39, 0.29) is 24.0 Å². The summed E-state index contributed by atoms with van der Waals surface area (Å²) < 4.78 is 5.66. The van der Waals surface area contributed by atoms with E-state index in [1.807, 2.05) is 0 Å². The maximum Gasteiger partial charge on any atom is 0.191 e. The number of halogens is 1. The molecule has 5 nitrogen and oxygen atoms in total. The van der Waals surface area contributed by atoms with Crippen LogP contribution in [0, 0.1) is 5.92 Å². The Hall–Kier alpha value is -0.0800. The van der Waals surface area contributed by atoms with Crippen molar-refractivity contribution in [1.82, 2.24) is 15.5 Å². The summed E-state index contributed by atoms with van der Waals surface area (Å²) in [6, 6.07) is 0.550. The fourth-order valence-electron chi connectivity index (χ4n) is 3.21. The molecule has 0 bridgehead atoms. The summed E-state index contributed by atoms with van der Waals surface area (Å²) >= 11 is 0. The van der Waals surface area contributed by atoms with E-state index in [0.29, 0.717) is 12.1 Å². The maximum atomic E-state index is 5.66. The van der Waals surface area contributed by atoms with Gasteiger partial charge in [0.2, 0.25) is 0 Å². The van der Waals surface area contributed by atoms with Crippen molar-refractivity contribution in [3.05, 3.63) is 0 Å². The Morgan fingerprint density at radius 2 is 1.92 bits per heavy atom. The Morgan fingerprint density at radius 1 is 1.20 bits per heavy atom. The minimum Gasteiger partial charge on any atom is -0.377 e. The first-order valence-electron chi connectivity index (χ1n) is 10.1. The number of rotatable bonds is 10. The zero-order valence-electron chi connectivity index (χ0n) is 16.4. The fraction of sp³-hybridized carbons (Fsp3) is 0.947. The Bertz CT molecular complexity index is 366. The van der Waals surface area contributed by atoms with Crippen LogP contribution in [-0.2, 0) is 4.74 Å². The average molecular weight is 466 g/mol. The zero-order valence-corrected chi connectivity index (χ0v) is 18.8. The molecule has 2 N–H and O–H groups in total. The van der Waals surface area contributed by atoms with E-state index in [1.54, 1.807) is 0 Å². The van der Waals surface area contributed by atoms with Gasteiger partial charge in [0.25, 0.3) is 0 Å². The van der Waals surface area contributed by atoms with Crippen molar-refractivity contribution in [1.29, 1.82) is 0 Å². The van der Waals surface area contributed by atoms with Gasteiger partial charge in [-0.05, 0) is 52.4 Å². The molecule has 25 heavy (non-hydrogen) atoms. The lowest BCUT2D eigenvalue weighted by Crippen LogP contribution is -2.49. The third-order valence-corrected chi connectivity index (χ3v) is 4.87. The minimum absolute atomic E-state index is 0. The molecule has 0 aromatic heterocycles. The third-order valence-electron chi connectivity index (χ3n) is 4.87. The summed E-state index contributed by atoms with van der Waals surface area (Å²) in [7, 11) is 0. The summed E-state index contributed by atoms with van der Waals surface area (Å²) in [6.45, 7) is 12.4. The van der Waals surface area contributed by atoms with Crippen LogP contribution in [0.5, 0.6) is 0 Å². The topological polar surface area (TPSA) is 48.9 Å². The lowest BCUT2D eigenvalue weighted by Gasteiger charge is -2.33. The van der Waals surface area contributed by atoms with Crippen molar-refractivity contribution in [2.75, 3.05) is 39.3 Å². The van der Waals surface area contributed by atoms with Crippen LogP contribution < -0.4 is 10.6 Å². The Morgan fingerprint density at radius 3 is 2.52 bits per heavy atom. The van der Waals surface area contributed by atoms with Crippen LogP contribution in [0.3, 0.4) is 0 Å². The second kappa shape index (κ2) is 13.1. The second-order valence-corrected chi connectivity index (χ2v) is 7.53. The van der Waals surface area contributed by atoms with Crippen molar-refractivity contribution in [2.45, 2.75) is 71.4 Å². The maximum absolute atomic E-state index is 5.66. The monoisotopic (exact) mass is 466 g/mol. The van der Waals surface area contributed by atoms with Gasteiger partial charge in [-0.15, -0.1) is 24.0 Å². The molecule has 2 fully saturated rings. The molecule has 1 aliphatic carbocycles. The summed E-state index contributed by atoms with van der Waals surface area (Å²) in [6.07, 6.45) is 8.20. The van der Waals surface area contributed by atoms with Crippen molar-refractivity contribution >= 4 is 29.9 Å². The van der Waals surface area contributed by atoms with Gasteiger partial charge >= 0.3 is 0 Å². The molecular formula is C19H39IN4O. The molecule has 0 aromatic rings. The highest BCUT2D eigenvalue weighted by atomic mass is 127. The Kier molecular flexibility index (Phi) is 12.1. The number of likely N-dealkylation sites (tertiary alicyclic amines) is 1. The van der Waals surface area contributed by atoms with Gasteiger partial charge in [0.05, 0.1) is 12.7 Å². The molecule has 1 saturated heterocycles.